The summed E-state index contributed by atoms with van der Waals surface area (Å²) in [6.07, 6.45) is 5.40. The van der Waals surface area contributed by atoms with Crippen LogP contribution in [0.2, 0.25) is 0 Å². The summed E-state index contributed by atoms with van der Waals surface area (Å²) in [4.78, 5) is 2.62. The van der Waals surface area contributed by atoms with Crippen molar-refractivity contribution in [2.75, 3.05) is 32.8 Å². The SMILES string of the molecule is C=CCCOCCN1CC(CCC)NCC1C(C)C. The second kappa shape index (κ2) is 9.51. The smallest absolute Gasteiger partial charge is 0.0593 e. The van der Waals surface area contributed by atoms with Crippen molar-refractivity contribution in [3.05, 3.63) is 12.7 Å². The molecule has 0 spiro atoms. The highest BCUT2D eigenvalue weighted by Gasteiger charge is 2.28. The third-order valence-electron chi connectivity index (χ3n) is 3.94. The van der Waals surface area contributed by atoms with E-state index in [4.69, 9.17) is 4.74 Å². The third-order valence-corrected chi connectivity index (χ3v) is 3.94. The summed E-state index contributed by atoms with van der Waals surface area (Å²) >= 11 is 0. The lowest BCUT2D eigenvalue weighted by Crippen LogP contribution is -2.58. The van der Waals surface area contributed by atoms with Crippen LogP contribution in [0, 0.1) is 5.92 Å². The molecule has 0 aromatic rings. The van der Waals surface area contributed by atoms with Gasteiger partial charge in [-0.3, -0.25) is 4.90 Å². The van der Waals surface area contributed by atoms with Gasteiger partial charge in [0.15, 0.2) is 0 Å². The van der Waals surface area contributed by atoms with Gasteiger partial charge in [0, 0.05) is 31.7 Å². The molecule has 0 saturated carbocycles. The van der Waals surface area contributed by atoms with Crippen molar-refractivity contribution in [1.29, 1.82) is 0 Å². The van der Waals surface area contributed by atoms with Crippen molar-refractivity contribution in [2.45, 2.75) is 52.1 Å². The number of ether oxygens (including phenoxy) is 1. The van der Waals surface area contributed by atoms with Crippen molar-refractivity contribution >= 4 is 0 Å². The maximum atomic E-state index is 5.67. The summed E-state index contributed by atoms with van der Waals surface area (Å²) in [6.45, 7) is 15.6. The van der Waals surface area contributed by atoms with Crippen LogP contribution in [0.15, 0.2) is 12.7 Å². The molecule has 3 heteroatoms. The monoisotopic (exact) mass is 268 g/mol. The average Bonchev–Trinajstić information content (AvgIpc) is 2.39. The second-order valence-electron chi connectivity index (χ2n) is 5.89. The van der Waals surface area contributed by atoms with E-state index in [0.29, 0.717) is 18.0 Å². The Balaban J connectivity index is 2.36. The molecule has 0 radical (unpaired) electrons. The molecule has 1 saturated heterocycles. The van der Waals surface area contributed by atoms with Crippen molar-refractivity contribution in [3.8, 4) is 0 Å². The number of nitrogens with one attached hydrogen (secondary N) is 1. The summed E-state index contributed by atoms with van der Waals surface area (Å²) in [5.41, 5.74) is 0. The zero-order valence-electron chi connectivity index (χ0n) is 13.0. The van der Waals surface area contributed by atoms with Crippen LogP contribution in [-0.4, -0.2) is 49.8 Å². The van der Waals surface area contributed by atoms with Crippen LogP contribution in [0.3, 0.4) is 0 Å². The van der Waals surface area contributed by atoms with Gasteiger partial charge in [-0.25, -0.2) is 0 Å². The van der Waals surface area contributed by atoms with Crippen LogP contribution in [0.4, 0.5) is 0 Å². The first-order valence-corrected chi connectivity index (χ1v) is 7.85. The number of nitrogens with zero attached hydrogens (tertiary/aromatic N) is 1. The Morgan fingerprint density at radius 1 is 1.42 bits per heavy atom. The maximum absolute atomic E-state index is 5.67. The summed E-state index contributed by atoms with van der Waals surface area (Å²) in [6, 6.07) is 1.31. The van der Waals surface area contributed by atoms with Crippen molar-refractivity contribution in [2.24, 2.45) is 5.92 Å². The van der Waals surface area contributed by atoms with E-state index >= 15 is 0 Å². The van der Waals surface area contributed by atoms with E-state index in [1.165, 1.54) is 19.4 Å². The van der Waals surface area contributed by atoms with Crippen molar-refractivity contribution < 1.29 is 4.74 Å². The van der Waals surface area contributed by atoms with Crippen LogP contribution in [0.5, 0.6) is 0 Å². The lowest BCUT2D eigenvalue weighted by Gasteiger charge is -2.42. The van der Waals surface area contributed by atoms with E-state index in [9.17, 15) is 0 Å². The number of hydrogen-bond donors (Lipinski definition) is 1. The topological polar surface area (TPSA) is 24.5 Å². The van der Waals surface area contributed by atoms with Crippen LogP contribution >= 0.6 is 0 Å². The average molecular weight is 268 g/mol. The molecule has 1 aliphatic heterocycles. The molecule has 1 heterocycles. The van der Waals surface area contributed by atoms with Gasteiger partial charge in [0.05, 0.1) is 13.2 Å². The molecule has 0 aromatic carbocycles. The van der Waals surface area contributed by atoms with E-state index < -0.39 is 0 Å². The Bertz CT molecular complexity index is 243. The molecule has 112 valence electrons. The minimum absolute atomic E-state index is 0.649. The Morgan fingerprint density at radius 3 is 2.84 bits per heavy atom. The molecular formula is C16H32N2O. The lowest BCUT2D eigenvalue weighted by molar-refractivity contribution is 0.0503. The largest absolute Gasteiger partial charge is 0.380 e. The van der Waals surface area contributed by atoms with Gasteiger partial charge in [0.2, 0.25) is 0 Å². The predicted octanol–water partition coefficient (Wildman–Crippen LogP) is 2.68. The highest BCUT2D eigenvalue weighted by Crippen LogP contribution is 2.16. The molecule has 1 aliphatic rings. The van der Waals surface area contributed by atoms with Gasteiger partial charge in [0.1, 0.15) is 0 Å². The first kappa shape index (κ1) is 16.7. The Kier molecular flexibility index (Phi) is 8.35. The Hall–Kier alpha value is -0.380. The van der Waals surface area contributed by atoms with Gasteiger partial charge in [-0.2, -0.15) is 0 Å². The van der Waals surface area contributed by atoms with Crippen molar-refractivity contribution in [3.63, 3.8) is 0 Å². The van der Waals surface area contributed by atoms with E-state index in [1.807, 2.05) is 6.08 Å². The van der Waals surface area contributed by atoms with E-state index in [2.05, 4.69) is 37.6 Å². The fourth-order valence-electron chi connectivity index (χ4n) is 2.81. The van der Waals surface area contributed by atoms with Crippen LogP contribution in [0.1, 0.15) is 40.0 Å². The molecule has 2 atom stereocenters. The first-order chi connectivity index (χ1) is 9.19. The summed E-state index contributed by atoms with van der Waals surface area (Å²) in [7, 11) is 0. The molecule has 2 unspecified atom stereocenters. The van der Waals surface area contributed by atoms with Crippen LogP contribution in [0.25, 0.3) is 0 Å². The van der Waals surface area contributed by atoms with E-state index in [0.717, 1.165) is 32.7 Å². The molecule has 1 fully saturated rings. The van der Waals surface area contributed by atoms with Gasteiger partial charge in [-0.15, -0.1) is 6.58 Å². The zero-order valence-corrected chi connectivity index (χ0v) is 13.0. The van der Waals surface area contributed by atoms with Gasteiger partial charge >= 0.3 is 0 Å². The fraction of sp³-hybridized carbons (Fsp3) is 0.875. The Labute approximate surface area is 119 Å². The minimum Gasteiger partial charge on any atom is -0.380 e. The summed E-state index contributed by atoms with van der Waals surface area (Å²) in [5.74, 6) is 0.697. The van der Waals surface area contributed by atoms with Gasteiger partial charge in [-0.05, 0) is 18.8 Å². The molecule has 19 heavy (non-hydrogen) atoms. The number of hydrogen-bond acceptors (Lipinski definition) is 3. The van der Waals surface area contributed by atoms with E-state index in [-0.39, 0.29) is 0 Å². The zero-order chi connectivity index (χ0) is 14.1. The highest BCUT2D eigenvalue weighted by atomic mass is 16.5. The number of piperazine rings is 1. The lowest BCUT2D eigenvalue weighted by atomic mass is 9.97. The standard InChI is InChI=1S/C16H32N2O/c1-5-7-10-19-11-9-18-13-15(8-6-2)17-12-16(18)14(3)4/h5,14-17H,1,6-13H2,2-4H3. The normalized spacial score (nSPS) is 24.8. The summed E-state index contributed by atoms with van der Waals surface area (Å²) in [5, 5.41) is 3.70. The minimum atomic E-state index is 0.649. The highest BCUT2D eigenvalue weighted by molar-refractivity contribution is 4.87. The van der Waals surface area contributed by atoms with Crippen molar-refractivity contribution in [1.82, 2.24) is 10.2 Å². The molecule has 0 amide bonds. The predicted molar refractivity (Wildman–Crippen MR) is 82.5 cm³/mol. The van der Waals surface area contributed by atoms with E-state index in [1.54, 1.807) is 0 Å². The first-order valence-electron chi connectivity index (χ1n) is 7.85. The Morgan fingerprint density at radius 2 is 2.21 bits per heavy atom. The fourth-order valence-corrected chi connectivity index (χ4v) is 2.81. The molecule has 0 aromatic heterocycles. The maximum Gasteiger partial charge on any atom is 0.0593 e. The van der Waals surface area contributed by atoms with Gasteiger partial charge in [-0.1, -0.05) is 33.3 Å². The second-order valence-corrected chi connectivity index (χ2v) is 5.89. The third kappa shape index (κ3) is 6.07. The molecule has 3 nitrogen and oxygen atoms in total. The van der Waals surface area contributed by atoms with Crippen LogP contribution in [-0.2, 0) is 4.74 Å². The van der Waals surface area contributed by atoms with Gasteiger partial charge < -0.3 is 10.1 Å². The number of rotatable bonds is 9. The van der Waals surface area contributed by atoms with Crippen LogP contribution < -0.4 is 5.32 Å². The van der Waals surface area contributed by atoms with Gasteiger partial charge in [0.25, 0.3) is 0 Å². The quantitative estimate of drug-likeness (QED) is 0.514. The molecule has 0 aliphatic carbocycles. The molecule has 1 N–H and O–H groups in total. The molecule has 1 rings (SSSR count). The summed E-state index contributed by atoms with van der Waals surface area (Å²) < 4.78 is 5.67. The molecular weight excluding hydrogens is 236 g/mol. The molecule has 0 bridgehead atoms.